The molecule has 0 aromatic carbocycles. The maximum atomic E-state index is 12.3. The zero-order valence-corrected chi connectivity index (χ0v) is 14.9. The summed E-state index contributed by atoms with van der Waals surface area (Å²) in [5, 5.41) is 0.993. The number of piperidine rings is 1. The number of aromatic nitrogens is 3. The predicted molar refractivity (Wildman–Crippen MR) is 100 cm³/mol. The van der Waals surface area contributed by atoms with Crippen LogP contribution in [0.5, 0.6) is 5.88 Å². The molecule has 1 amide bonds. The van der Waals surface area contributed by atoms with Crippen molar-refractivity contribution in [3.63, 3.8) is 0 Å². The number of carbonyl (C=O) groups excluding carboxylic acids is 1. The van der Waals surface area contributed by atoms with Gasteiger partial charge < -0.3 is 14.2 Å². The van der Waals surface area contributed by atoms with Crippen LogP contribution in [0.1, 0.15) is 31.9 Å². The van der Waals surface area contributed by atoms with Crippen molar-refractivity contribution in [2.75, 3.05) is 11.4 Å². The van der Waals surface area contributed by atoms with Gasteiger partial charge in [-0.2, -0.15) is 4.98 Å². The van der Waals surface area contributed by atoms with Gasteiger partial charge in [-0.3, -0.25) is 9.78 Å². The summed E-state index contributed by atoms with van der Waals surface area (Å²) >= 11 is 0. The quantitative estimate of drug-likeness (QED) is 0.706. The van der Waals surface area contributed by atoms with E-state index >= 15 is 0 Å². The van der Waals surface area contributed by atoms with Gasteiger partial charge in [0.2, 0.25) is 11.8 Å². The first-order valence-corrected chi connectivity index (χ1v) is 9.09. The second-order valence-electron chi connectivity index (χ2n) is 6.43. The number of fused-ring (bicyclic) bond motifs is 1. The van der Waals surface area contributed by atoms with Crippen LogP contribution in [-0.4, -0.2) is 27.0 Å². The maximum absolute atomic E-state index is 12.3. The maximum Gasteiger partial charge on any atom is 0.227 e. The Morgan fingerprint density at radius 1 is 1.19 bits per heavy atom. The lowest BCUT2D eigenvalue weighted by atomic mass is 10.1. The van der Waals surface area contributed by atoms with E-state index in [0.717, 1.165) is 48.3 Å². The summed E-state index contributed by atoms with van der Waals surface area (Å²) in [5.74, 6) is 0.759. The van der Waals surface area contributed by atoms with Crippen LogP contribution in [0.3, 0.4) is 0 Å². The monoisotopic (exact) mass is 350 g/mol. The molecule has 0 radical (unpaired) electrons. The molecule has 4 heterocycles. The molecule has 0 atom stereocenters. The molecule has 1 aliphatic heterocycles. The first kappa shape index (κ1) is 16.6. The Bertz CT molecular complexity index is 920. The third kappa shape index (κ3) is 3.14. The number of hydrogen-bond donors (Lipinski definition) is 0. The van der Waals surface area contributed by atoms with Gasteiger partial charge in [0.25, 0.3) is 0 Å². The highest BCUT2D eigenvalue weighted by atomic mass is 16.5. The van der Waals surface area contributed by atoms with E-state index in [4.69, 9.17) is 4.74 Å². The summed E-state index contributed by atoms with van der Waals surface area (Å²) in [5.41, 5.74) is 2.66. The lowest BCUT2D eigenvalue weighted by Gasteiger charge is -2.26. The van der Waals surface area contributed by atoms with Crippen LogP contribution in [0, 0.1) is 0 Å². The average Bonchev–Trinajstić information content (AvgIpc) is 3.05. The Kier molecular flexibility index (Phi) is 4.56. The Morgan fingerprint density at radius 3 is 2.88 bits per heavy atom. The van der Waals surface area contributed by atoms with Crippen molar-refractivity contribution in [3.05, 3.63) is 48.4 Å². The van der Waals surface area contributed by atoms with Crippen LogP contribution in [0.25, 0.3) is 11.0 Å². The smallest absolute Gasteiger partial charge is 0.227 e. The van der Waals surface area contributed by atoms with E-state index < -0.39 is 0 Å². The highest BCUT2D eigenvalue weighted by Crippen LogP contribution is 2.32. The number of carbonyl (C=O) groups is 1. The number of nitrogens with zero attached hydrogens (tertiary/aromatic N) is 4. The number of anilines is 1. The van der Waals surface area contributed by atoms with Crippen LogP contribution in [0.4, 0.5) is 5.69 Å². The normalized spacial score (nSPS) is 14.8. The molecule has 1 saturated heterocycles. The van der Waals surface area contributed by atoms with E-state index in [2.05, 4.69) is 21.5 Å². The molecule has 6 heteroatoms. The molecule has 4 rings (SSSR count). The molecular weight excluding hydrogens is 328 g/mol. The molecule has 26 heavy (non-hydrogen) atoms. The molecule has 3 aromatic heterocycles. The van der Waals surface area contributed by atoms with Gasteiger partial charge in [-0.15, -0.1) is 0 Å². The van der Waals surface area contributed by atoms with Gasteiger partial charge in [0.05, 0.1) is 11.4 Å². The van der Waals surface area contributed by atoms with Crippen LogP contribution >= 0.6 is 0 Å². The predicted octanol–water partition coefficient (Wildman–Crippen LogP) is 3.55. The number of amides is 1. The molecule has 0 aliphatic carbocycles. The van der Waals surface area contributed by atoms with E-state index in [-0.39, 0.29) is 5.91 Å². The van der Waals surface area contributed by atoms with Crippen molar-refractivity contribution in [1.82, 2.24) is 14.5 Å². The molecule has 1 fully saturated rings. The zero-order valence-electron chi connectivity index (χ0n) is 14.9. The minimum atomic E-state index is 0.196. The SMILES string of the molecule is CCn1cc(N2CCCCC2=O)c2ccc(OCc3ccccn3)nc21. The molecule has 6 nitrogen and oxygen atoms in total. The molecule has 0 N–H and O–H groups in total. The Morgan fingerprint density at radius 2 is 2.12 bits per heavy atom. The highest BCUT2D eigenvalue weighted by molar-refractivity contribution is 6.03. The molecule has 1 aliphatic rings. The fourth-order valence-corrected chi connectivity index (χ4v) is 3.36. The minimum Gasteiger partial charge on any atom is -0.471 e. The van der Waals surface area contributed by atoms with Gasteiger partial charge in [-0.05, 0) is 38.0 Å². The first-order chi connectivity index (χ1) is 12.8. The average molecular weight is 350 g/mol. The van der Waals surface area contributed by atoms with Crippen molar-refractivity contribution in [2.24, 2.45) is 0 Å². The van der Waals surface area contributed by atoms with E-state index in [0.29, 0.717) is 18.9 Å². The molecule has 0 spiro atoms. The Balaban J connectivity index is 1.64. The number of ether oxygens (including phenoxy) is 1. The lowest BCUT2D eigenvalue weighted by molar-refractivity contribution is -0.119. The van der Waals surface area contributed by atoms with Crippen molar-refractivity contribution >= 4 is 22.6 Å². The van der Waals surface area contributed by atoms with E-state index in [1.54, 1.807) is 6.20 Å². The van der Waals surface area contributed by atoms with Gasteiger partial charge in [0.15, 0.2) is 0 Å². The fourth-order valence-electron chi connectivity index (χ4n) is 3.36. The Labute approximate surface area is 152 Å². The molecule has 134 valence electrons. The first-order valence-electron chi connectivity index (χ1n) is 9.09. The second-order valence-corrected chi connectivity index (χ2v) is 6.43. The van der Waals surface area contributed by atoms with Crippen LogP contribution in [0.15, 0.2) is 42.7 Å². The largest absolute Gasteiger partial charge is 0.471 e. The summed E-state index contributed by atoms with van der Waals surface area (Å²) in [6.07, 6.45) is 6.43. The molecule has 3 aromatic rings. The van der Waals surface area contributed by atoms with Crippen LogP contribution < -0.4 is 9.64 Å². The van der Waals surface area contributed by atoms with E-state index in [9.17, 15) is 4.79 Å². The summed E-state index contributed by atoms with van der Waals surface area (Å²) in [6, 6.07) is 9.60. The van der Waals surface area contributed by atoms with Gasteiger partial charge in [-0.1, -0.05) is 6.07 Å². The standard InChI is InChI=1S/C20H22N4O2/c1-2-23-13-17(24-12-6-4-8-19(24)25)16-9-10-18(22-20(16)23)26-14-15-7-3-5-11-21-15/h3,5,7,9-11,13H,2,4,6,8,12,14H2,1H3. The van der Waals surface area contributed by atoms with Gasteiger partial charge in [-0.25, -0.2) is 0 Å². The van der Waals surface area contributed by atoms with E-state index in [1.807, 2.05) is 41.4 Å². The third-order valence-electron chi connectivity index (χ3n) is 4.72. The van der Waals surface area contributed by atoms with Crippen molar-refractivity contribution < 1.29 is 9.53 Å². The van der Waals surface area contributed by atoms with Gasteiger partial charge in [0.1, 0.15) is 12.3 Å². The topological polar surface area (TPSA) is 60.2 Å². The lowest BCUT2D eigenvalue weighted by Crippen LogP contribution is -2.35. The zero-order chi connectivity index (χ0) is 17.9. The molecular formula is C20H22N4O2. The summed E-state index contributed by atoms with van der Waals surface area (Å²) < 4.78 is 7.88. The highest BCUT2D eigenvalue weighted by Gasteiger charge is 2.23. The third-order valence-corrected chi connectivity index (χ3v) is 4.72. The van der Waals surface area contributed by atoms with Gasteiger partial charge >= 0.3 is 0 Å². The van der Waals surface area contributed by atoms with Crippen LogP contribution in [0.2, 0.25) is 0 Å². The number of aryl methyl sites for hydroxylation is 1. The summed E-state index contributed by atoms with van der Waals surface area (Å²) in [6.45, 7) is 4.02. The molecule has 0 unspecified atom stereocenters. The number of pyridine rings is 2. The Hall–Kier alpha value is -2.89. The number of rotatable bonds is 5. The summed E-state index contributed by atoms with van der Waals surface area (Å²) in [7, 11) is 0. The fraction of sp³-hybridized carbons (Fsp3) is 0.350. The second kappa shape index (κ2) is 7.15. The van der Waals surface area contributed by atoms with E-state index in [1.165, 1.54) is 0 Å². The minimum absolute atomic E-state index is 0.196. The number of hydrogen-bond acceptors (Lipinski definition) is 4. The summed E-state index contributed by atoms with van der Waals surface area (Å²) in [4.78, 5) is 23.2. The molecule has 0 saturated carbocycles. The van der Waals surface area contributed by atoms with Crippen molar-refractivity contribution in [1.29, 1.82) is 0 Å². The van der Waals surface area contributed by atoms with Crippen LogP contribution in [-0.2, 0) is 17.9 Å². The van der Waals surface area contributed by atoms with Gasteiger partial charge in [0, 0.05) is 43.4 Å². The molecule has 0 bridgehead atoms. The van der Waals surface area contributed by atoms with Crippen molar-refractivity contribution in [2.45, 2.75) is 39.3 Å². The van der Waals surface area contributed by atoms with Crippen molar-refractivity contribution in [3.8, 4) is 5.88 Å².